The van der Waals surface area contributed by atoms with E-state index in [-0.39, 0.29) is 11.6 Å². The van der Waals surface area contributed by atoms with E-state index in [2.05, 4.69) is 10.3 Å². The van der Waals surface area contributed by atoms with Crippen LogP contribution in [-0.2, 0) is 6.42 Å². The number of hydrogen-bond acceptors (Lipinski definition) is 1. The van der Waals surface area contributed by atoms with Gasteiger partial charge in [0.05, 0.1) is 0 Å². The van der Waals surface area contributed by atoms with Gasteiger partial charge in [0.25, 0.3) is 0 Å². The maximum Gasteiger partial charge on any atom is 0.126 e. The van der Waals surface area contributed by atoms with Gasteiger partial charge < -0.3 is 5.32 Å². The molecule has 0 aromatic heterocycles. The van der Waals surface area contributed by atoms with Crippen molar-refractivity contribution in [3.63, 3.8) is 0 Å². The smallest absolute Gasteiger partial charge is 0.126 e. The lowest BCUT2D eigenvalue weighted by molar-refractivity contribution is 0.611. The normalized spacial score (nSPS) is 11.6. The van der Waals surface area contributed by atoms with E-state index in [1.165, 1.54) is 18.2 Å². The summed E-state index contributed by atoms with van der Waals surface area (Å²) >= 11 is 0. The molecule has 0 aliphatic heterocycles. The standard InChI is InChI=1S/C18H20F2N2/c1-4-18(21-3)22-17-11-15(19)10-14(12(17)2)9-13-7-5-6-8-16(13)20/h5-8,10-11H,4,9H2,1-3H3,(H,21,22). The van der Waals surface area contributed by atoms with Crippen LogP contribution in [0.3, 0.4) is 0 Å². The monoisotopic (exact) mass is 302 g/mol. The van der Waals surface area contributed by atoms with Gasteiger partial charge in [-0.25, -0.2) is 8.78 Å². The molecule has 0 aliphatic rings. The van der Waals surface area contributed by atoms with Gasteiger partial charge in [-0.2, -0.15) is 0 Å². The second-order valence-electron chi connectivity index (χ2n) is 5.15. The Morgan fingerprint density at radius 1 is 1.14 bits per heavy atom. The van der Waals surface area contributed by atoms with Crippen LogP contribution in [0.5, 0.6) is 0 Å². The summed E-state index contributed by atoms with van der Waals surface area (Å²) in [7, 11) is 1.70. The van der Waals surface area contributed by atoms with E-state index in [0.29, 0.717) is 17.7 Å². The minimum Gasteiger partial charge on any atom is -0.344 e. The molecule has 0 amide bonds. The van der Waals surface area contributed by atoms with Gasteiger partial charge in [-0.05, 0) is 41.8 Å². The second-order valence-corrected chi connectivity index (χ2v) is 5.15. The summed E-state index contributed by atoms with van der Waals surface area (Å²) in [5.41, 5.74) is 2.90. The van der Waals surface area contributed by atoms with Gasteiger partial charge >= 0.3 is 0 Å². The number of aliphatic imine (C=N–C) groups is 1. The first-order valence-electron chi connectivity index (χ1n) is 7.30. The van der Waals surface area contributed by atoms with Gasteiger partial charge in [0, 0.05) is 25.6 Å². The van der Waals surface area contributed by atoms with Crippen LogP contribution < -0.4 is 5.32 Å². The van der Waals surface area contributed by atoms with Crippen LogP contribution in [0.25, 0.3) is 0 Å². The summed E-state index contributed by atoms with van der Waals surface area (Å²) in [6.45, 7) is 3.88. The Morgan fingerprint density at radius 3 is 2.50 bits per heavy atom. The van der Waals surface area contributed by atoms with E-state index in [4.69, 9.17) is 0 Å². The molecule has 22 heavy (non-hydrogen) atoms. The highest BCUT2D eigenvalue weighted by atomic mass is 19.1. The fourth-order valence-electron chi connectivity index (χ4n) is 2.35. The average molecular weight is 302 g/mol. The minimum atomic E-state index is -0.342. The van der Waals surface area contributed by atoms with Crippen LogP contribution in [0.15, 0.2) is 41.4 Å². The van der Waals surface area contributed by atoms with E-state index in [1.807, 2.05) is 13.8 Å². The summed E-state index contributed by atoms with van der Waals surface area (Å²) in [6.07, 6.45) is 1.09. The molecule has 0 atom stereocenters. The number of anilines is 1. The van der Waals surface area contributed by atoms with Crippen LogP contribution in [0.2, 0.25) is 0 Å². The summed E-state index contributed by atoms with van der Waals surface area (Å²) in [5.74, 6) is 0.168. The Labute approximate surface area is 129 Å². The molecule has 116 valence electrons. The van der Waals surface area contributed by atoms with Crippen LogP contribution in [-0.4, -0.2) is 12.9 Å². The molecule has 2 nitrogen and oxygen atoms in total. The second kappa shape index (κ2) is 7.16. The fraction of sp³-hybridized carbons (Fsp3) is 0.278. The number of halogens is 2. The van der Waals surface area contributed by atoms with Crippen molar-refractivity contribution in [3.05, 3.63) is 64.7 Å². The Hall–Kier alpha value is -2.23. The predicted octanol–water partition coefficient (Wildman–Crippen LogP) is 4.71. The molecule has 0 bridgehead atoms. The number of amidine groups is 1. The fourth-order valence-corrected chi connectivity index (χ4v) is 2.35. The molecule has 2 aromatic carbocycles. The first-order valence-corrected chi connectivity index (χ1v) is 7.30. The topological polar surface area (TPSA) is 24.4 Å². The number of hydrogen-bond donors (Lipinski definition) is 1. The van der Waals surface area contributed by atoms with Gasteiger partial charge in [0.15, 0.2) is 0 Å². The zero-order chi connectivity index (χ0) is 16.1. The SMILES string of the molecule is CCC(=NC)Nc1cc(F)cc(Cc2ccccc2F)c1C. The third kappa shape index (κ3) is 3.70. The summed E-state index contributed by atoms with van der Waals surface area (Å²) in [6, 6.07) is 9.48. The van der Waals surface area contributed by atoms with Gasteiger partial charge in [-0.3, -0.25) is 4.99 Å². The highest BCUT2D eigenvalue weighted by molar-refractivity contribution is 5.95. The first-order chi connectivity index (χ1) is 10.5. The number of rotatable bonds is 4. The number of nitrogens with zero attached hydrogens (tertiary/aromatic N) is 1. The van der Waals surface area contributed by atoms with Crippen LogP contribution in [0, 0.1) is 18.6 Å². The maximum atomic E-state index is 13.9. The van der Waals surface area contributed by atoms with Crippen molar-refractivity contribution < 1.29 is 8.78 Å². The zero-order valence-electron chi connectivity index (χ0n) is 13.1. The van der Waals surface area contributed by atoms with Crippen LogP contribution in [0.1, 0.15) is 30.0 Å². The molecule has 0 radical (unpaired) electrons. The van der Waals surface area contributed by atoms with Crippen molar-refractivity contribution in [2.45, 2.75) is 26.7 Å². The van der Waals surface area contributed by atoms with Gasteiger partial charge in [-0.1, -0.05) is 25.1 Å². The molecule has 2 aromatic rings. The van der Waals surface area contributed by atoms with Crippen LogP contribution >= 0.6 is 0 Å². The van der Waals surface area contributed by atoms with Gasteiger partial charge in [-0.15, -0.1) is 0 Å². The zero-order valence-corrected chi connectivity index (χ0v) is 13.1. The highest BCUT2D eigenvalue weighted by Gasteiger charge is 2.11. The van der Waals surface area contributed by atoms with Crippen molar-refractivity contribution in [2.75, 3.05) is 12.4 Å². The van der Waals surface area contributed by atoms with Crippen molar-refractivity contribution in [2.24, 2.45) is 4.99 Å². The Bertz CT molecular complexity index is 693. The van der Waals surface area contributed by atoms with Crippen molar-refractivity contribution in [1.29, 1.82) is 0 Å². The molecule has 0 fully saturated rings. The molecule has 1 N–H and O–H groups in total. The molecule has 0 unspecified atom stereocenters. The van der Waals surface area contributed by atoms with Crippen molar-refractivity contribution in [3.8, 4) is 0 Å². The quantitative estimate of drug-likeness (QED) is 0.641. The molecular formula is C18H20F2N2. The summed E-state index contributed by atoms with van der Waals surface area (Å²) < 4.78 is 27.7. The largest absolute Gasteiger partial charge is 0.344 e. The first kappa shape index (κ1) is 16.1. The molecule has 0 saturated carbocycles. The lowest BCUT2D eigenvalue weighted by Gasteiger charge is -2.15. The third-order valence-corrected chi connectivity index (χ3v) is 3.70. The highest BCUT2D eigenvalue weighted by Crippen LogP contribution is 2.24. The van der Waals surface area contributed by atoms with E-state index in [9.17, 15) is 8.78 Å². The summed E-state index contributed by atoms with van der Waals surface area (Å²) in [5, 5.41) is 3.14. The Balaban J connectivity index is 2.37. The number of benzene rings is 2. The molecule has 0 spiro atoms. The van der Waals surface area contributed by atoms with Gasteiger partial charge in [0.1, 0.15) is 17.5 Å². The van der Waals surface area contributed by atoms with Crippen molar-refractivity contribution in [1.82, 2.24) is 0 Å². The van der Waals surface area contributed by atoms with Crippen molar-refractivity contribution >= 4 is 11.5 Å². The maximum absolute atomic E-state index is 13.9. The third-order valence-electron chi connectivity index (χ3n) is 3.70. The van der Waals surface area contributed by atoms with E-state index < -0.39 is 0 Å². The molecular weight excluding hydrogens is 282 g/mol. The molecule has 0 saturated heterocycles. The van der Waals surface area contributed by atoms with Crippen LogP contribution in [0.4, 0.5) is 14.5 Å². The predicted molar refractivity (Wildman–Crippen MR) is 87.6 cm³/mol. The lowest BCUT2D eigenvalue weighted by Crippen LogP contribution is -2.12. The molecule has 2 rings (SSSR count). The molecule has 0 heterocycles. The molecule has 4 heteroatoms. The Morgan fingerprint density at radius 2 is 1.86 bits per heavy atom. The van der Waals surface area contributed by atoms with E-state index in [0.717, 1.165) is 23.4 Å². The summed E-state index contributed by atoms with van der Waals surface area (Å²) in [4.78, 5) is 4.12. The average Bonchev–Trinajstić information content (AvgIpc) is 2.51. The lowest BCUT2D eigenvalue weighted by atomic mass is 9.98. The van der Waals surface area contributed by atoms with Gasteiger partial charge in [0.2, 0.25) is 0 Å². The Kier molecular flexibility index (Phi) is 5.26. The molecule has 0 aliphatic carbocycles. The van der Waals surface area contributed by atoms with E-state index >= 15 is 0 Å². The number of nitrogens with one attached hydrogen (secondary N) is 1. The van der Waals surface area contributed by atoms with E-state index in [1.54, 1.807) is 25.2 Å². The minimum absolute atomic E-state index is 0.273.